The third-order valence-electron chi connectivity index (χ3n) is 2.10. The van der Waals surface area contributed by atoms with E-state index in [1.54, 1.807) is 25.3 Å². The van der Waals surface area contributed by atoms with Gasteiger partial charge in [-0.2, -0.15) is 0 Å². The van der Waals surface area contributed by atoms with E-state index in [2.05, 4.69) is 5.43 Å². The molecular weight excluding hydrogens is 192 g/mol. The van der Waals surface area contributed by atoms with Crippen molar-refractivity contribution in [3.63, 3.8) is 0 Å². The van der Waals surface area contributed by atoms with E-state index in [9.17, 15) is 4.79 Å². The van der Waals surface area contributed by atoms with Crippen molar-refractivity contribution in [3.8, 4) is 0 Å². The molecule has 4 nitrogen and oxygen atoms in total. The van der Waals surface area contributed by atoms with Crippen molar-refractivity contribution in [2.45, 2.75) is 12.8 Å². The first-order chi connectivity index (χ1) is 7.27. The predicted molar refractivity (Wildman–Crippen MR) is 59.7 cm³/mol. The number of hydrogen-bond donors (Lipinski definition) is 2. The van der Waals surface area contributed by atoms with Crippen LogP contribution in [0.5, 0.6) is 0 Å². The van der Waals surface area contributed by atoms with E-state index in [1.807, 2.05) is 6.07 Å². The minimum atomic E-state index is 0.115. The number of anilines is 1. The first-order valence-electron chi connectivity index (χ1n) is 4.86. The number of ketones is 1. The molecule has 0 saturated carbocycles. The van der Waals surface area contributed by atoms with Crippen LogP contribution in [0.15, 0.2) is 24.3 Å². The second-order valence-electron chi connectivity index (χ2n) is 3.24. The molecule has 1 aromatic carbocycles. The van der Waals surface area contributed by atoms with Crippen LogP contribution in [-0.2, 0) is 4.74 Å². The number of Topliss-reactive ketones (excluding diaryl/α,β-unsaturated/α-hetero) is 1. The van der Waals surface area contributed by atoms with Crippen molar-refractivity contribution >= 4 is 11.5 Å². The molecular formula is C11H16N2O2. The summed E-state index contributed by atoms with van der Waals surface area (Å²) in [6.45, 7) is 0.612. The summed E-state index contributed by atoms with van der Waals surface area (Å²) in [4.78, 5) is 11.7. The lowest BCUT2D eigenvalue weighted by Crippen LogP contribution is -2.08. The van der Waals surface area contributed by atoms with E-state index in [4.69, 9.17) is 10.6 Å². The normalized spacial score (nSPS) is 10.0. The SMILES string of the molecule is COCCCC(=O)c1cccc(NN)c1. The highest BCUT2D eigenvalue weighted by atomic mass is 16.5. The van der Waals surface area contributed by atoms with Crippen molar-refractivity contribution in [2.75, 3.05) is 19.1 Å². The average molecular weight is 208 g/mol. The molecule has 15 heavy (non-hydrogen) atoms. The molecule has 4 heteroatoms. The zero-order chi connectivity index (χ0) is 11.1. The van der Waals surface area contributed by atoms with Crippen LogP contribution in [0.2, 0.25) is 0 Å². The number of rotatable bonds is 6. The Bertz CT molecular complexity index is 326. The van der Waals surface area contributed by atoms with Gasteiger partial charge in [-0.3, -0.25) is 10.6 Å². The van der Waals surface area contributed by atoms with Gasteiger partial charge >= 0.3 is 0 Å². The Morgan fingerprint density at radius 1 is 1.53 bits per heavy atom. The minimum absolute atomic E-state index is 0.115. The van der Waals surface area contributed by atoms with Crippen LogP contribution in [0.1, 0.15) is 23.2 Å². The molecule has 0 amide bonds. The van der Waals surface area contributed by atoms with Gasteiger partial charge in [0.25, 0.3) is 0 Å². The Hall–Kier alpha value is -1.39. The Balaban J connectivity index is 2.57. The fourth-order valence-corrected chi connectivity index (χ4v) is 1.30. The molecule has 3 N–H and O–H groups in total. The zero-order valence-electron chi connectivity index (χ0n) is 8.82. The van der Waals surface area contributed by atoms with Crippen molar-refractivity contribution < 1.29 is 9.53 Å². The number of hydrazine groups is 1. The molecule has 1 rings (SSSR count). The van der Waals surface area contributed by atoms with E-state index in [-0.39, 0.29) is 5.78 Å². The second-order valence-corrected chi connectivity index (χ2v) is 3.24. The number of ether oxygens (including phenoxy) is 1. The molecule has 0 bridgehead atoms. The van der Waals surface area contributed by atoms with E-state index in [0.29, 0.717) is 18.6 Å². The van der Waals surface area contributed by atoms with Crippen LogP contribution in [0.25, 0.3) is 0 Å². The Kier molecular flexibility index (Phi) is 4.80. The highest BCUT2D eigenvalue weighted by Gasteiger charge is 2.05. The van der Waals surface area contributed by atoms with Crippen LogP contribution in [0, 0.1) is 0 Å². The third kappa shape index (κ3) is 3.69. The van der Waals surface area contributed by atoms with Gasteiger partial charge in [-0.05, 0) is 18.6 Å². The number of carbonyl (C=O) groups is 1. The molecule has 0 aliphatic carbocycles. The molecule has 0 heterocycles. The highest BCUT2D eigenvalue weighted by molar-refractivity contribution is 5.96. The van der Waals surface area contributed by atoms with Gasteiger partial charge in [0.15, 0.2) is 5.78 Å². The molecule has 1 aromatic rings. The van der Waals surface area contributed by atoms with Gasteiger partial charge in [0, 0.05) is 31.4 Å². The first kappa shape index (κ1) is 11.7. The second kappa shape index (κ2) is 6.16. The van der Waals surface area contributed by atoms with Crippen LogP contribution in [0.4, 0.5) is 5.69 Å². The van der Waals surface area contributed by atoms with Gasteiger partial charge in [0.05, 0.1) is 0 Å². The van der Waals surface area contributed by atoms with Crippen LogP contribution in [0.3, 0.4) is 0 Å². The van der Waals surface area contributed by atoms with E-state index in [1.165, 1.54) is 0 Å². The number of hydrogen-bond acceptors (Lipinski definition) is 4. The maximum Gasteiger partial charge on any atom is 0.163 e. The lowest BCUT2D eigenvalue weighted by molar-refractivity contribution is 0.0963. The van der Waals surface area contributed by atoms with Crippen LogP contribution in [-0.4, -0.2) is 19.5 Å². The smallest absolute Gasteiger partial charge is 0.163 e. The number of methoxy groups -OCH3 is 1. The minimum Gasteiger partial charge on any atom is -0.385 e. The number of carbonyl (C=O) groups excluding carboxylic acids is 1. The molecule has 0 saturated heterocycles. The molecule has 0 radical (unpaired) electrons. The molecule has 0 fully saturated rings. The summed E-state index contributed by atoms with van der Waals surface area (Å²) in [5, 5.41) is 0. The van der Waals surface area contributed by atoms with Gasteiger partial charge in [0.1, 0.15) is 0 Å². The Morgan fingerprint density at radius 2 is 2.33 bits per heavy atom. The topological polar surface area (TPSA) is 64.3 Å². The fraction of sp³-hybridized carbons (Fsp3) is 0.364. The molecule has 0 aliphatic rings. The fourth-order valence-electron chi connectivity index (χ4n) is 1.30. The van der Waals surface area contributed by atoms with Gasteiger partial charge in [-0.1, -0.05) is 12.1 Å². The predicted octanol–water partition coefficient (Wildman–Crippen LogP) is 1.58. The van der Waals surface area contributed by atoms with E-state index in [0.717, 1.165) is 12.1 Å². The van der Waals surface area contributed by atoms with Crippen molar-refractivity contribution in [1.82, 2.24) is 0 Å². The summed E-state index contributed by atoms with van der Waals surface area (Å²) in [6, 6.07) is 7.15. The number of nitrogens with two attached hydrogens (primary N) is 1. The summed E-state index contributed by atoms with van der Waals surface area (Å²) >= 11 is 0. The third-order valence-corrected chi connectivity index (χ3v) is 2.10. The van der Waals surface area contributed by atoms with Crippen molar-refractivity contribution in [2.24, 2.45) is 5.84 Å². The lowest BCUT2D eigenvalue weighted by atomic mass is 10.1. The molecule has 0 unspecified atom stereocenters. The quantitative estimate of drug-likeness (QED) is 0.322. The number of nitrogens with one attached hydrogen (secondary N) is 1. The lowest BCUT2D eigenvalue weighted by Gasteiger charge is -2.03. The zero-order valence-corrected chi connectivity index (χ0v) is 8.82. The Labute approximate surface area is 89.4 Å². The van der Waals surface area contributed by atoms with Crippen molar-refractivity contribution in [3.05, 3.63) is 29.8 Å². The molecule has 0 aliphatic heterocycles. The number of nitrogen functional groups attached to an aromatic ring is 1. The summed E-state index contributed by atoms with van der Waals surface area (Å²) in [5.41, 5.74) is 3.94. The maximum absolute atomic E-state index is 11.7. The van der Waals surface area contributed by atoms with Gasteiger partial charge in [-0.15, -0.1) is 0 Å². The van der Waals surface area contributed by atoms with Crippen molar-refractivity contribution in [1.29, 1.82) is 0 Å². The number of benzene rings is 1. The molecule has 82 valence electrons. The van der Waals surface area contributed by atoms with Crippen LogP contribution < -0.4 is 11.3 Å². The average Bonchev–Trinajstić information content (AvgIpc) is 2.29. The van der Waals surface area contributed by atoms with Gasteiger partial charge in [-0.25, -0.2) is 0 Å². The summed E-state index contributed by atoms with van der Waals surface area (Å²) < 4.78 is 4.89. The molecule has 0 aromatic heterocycles. The Morgan fingerprint density at radius 3 is 3.00 bits per heavy atom. The maximum atomic E-state index is 11.7. The van der Waals surface area contributed by atoms with Crippen LogP contribution >= 0.6 is 0 Å². The van der Waals surface area contributed by atoms with Gasteiger partial charge in [0.2, 0.25) is 0 Å². The summed E-state index contributed by atoms with van der Waals surface area (Å²) in [5.74, 6) is 5.37. The van der Waals surface area contributed by atoms with E-state index < -0.39 is 0 Å². The first-order valence-corrected chi connectivity index (χ1v) is 4.86. The van der Waals surface area contributed by atoms with E-state index >= 15 is 0 Å². The van der Waals surface area contributed by atoms with Gasteiger partial charge < -0.3 is 10.2 Å². The standard InChI is InChI=1S/C11H16N2O2/c1-15-7-3-6-11(14)9-4-2-5-10(8-9)13-12/h2,4-5,8,13H,3,6-7,12H2,1H3. The monoisotopic (exact) mass is 208 g/mol. The summed E-state index contributed by atoms with van der Waals surface area (Å²) in [7, 11) is 1.63. The molecule has 0 atom stereocenters. The highest BCUT2D eigenvalue weighted by Crippen LogP contribution is 2.11. The largest absolute Gasteiger partial charge is 0.385 e. The molecule has 0 spiro atoms. The summed E-state index contributed by atoms with van der Waals surface area (Å²) in [6.07, 6.45) is 1.25.